The Bertz CT molecular complexity index is 844. The molecule has 2 aromatic heterocycles. The van der Waals surface area contributed by atoms with E-state index in [1.807, 2.05) is 30.3 Å². The maximum Gasteiger partial charge on any atom is 0.227 e. The van der Waals surface area contributed by atoms with Gasteiger partial charge in [0.2, 0.25) is 5.95 Å². The van der Waals surface area contributed by atoms with Gasteiger partial charge in [-0.2, -0.15) is 4.98 Å². The molecule has 0 amide bonds. The van der Waals surface area contributed by atoms with Crippen molar-refractivity contribution in [1.29, 1.82) is 0 Å². The molecule has 3 aromatic rings. The lowest BCUT2D eigenvalue weighted by Gasteiger charge is -2.35. The number of nitrogens with zero attached hydrogens (tertiary/aromatic N) is 5. The van der Waals surface area contributed by atoms with E-state index in [-0.39, 0.29) is 12.2 Å². The molecule has 0 bridgehead atoms. The first-order valence-corrected chi connectivity index (χ1v) is 8.14. The zero-order valence-electron chi connectivity index (χ0n) is 13.8. The van der Waals surface area contributed by atoms with Crippen molar-refractivity contribution in [3.05, 3.63) is 42.7 Å². The third kappa shape index (κ3) is 2.92. The Hall–Kier alpha value is -2.60. The maximum absolute atomic E-state index is 5.76. The standard InChI is InChI=1S/C18H19N5O/c1-12-10-23(11-13(2)24-12)18-20-9-16-17(22-18)19-8-15(21-16)14-6-4-3-5-7-14/h3-9,12-13H,10-11H2,1-2H3/t12-,13+. The van der Waals surface area contributed by atoms with Crippen LogP contribution in [-0.2, 0) is 4.74 Å². The summed E-state index contributed by atoms with van der Waals surface area (Å²) in [6, 6.07) is 9.99. The summed E-state index contributed by atoms with van der Waals surface area (Å²) in [5.41, 5.74) is 3.18. The monoisotopic (exact) mass is 321 g/mol. The maximum atomic E-state index is 5.76. The minimum Gasteiger partial charge on any atom is -0.372 e. The molecule has 1 saturated heterocycles. The highest BCUT2D eigenvalue weighted by Gasteiger charge is 2.24. The van der Waals surface area contributed by atoms with Crippen molar-refractivity contribution in [1.82, 2.24) is 19.9 Å². The lowest BCUT2D eigenvalue weighted by Crippen LogP contribution is -2.46. The number of ether oxygens (including phenoxy) is 1. The van der Waals surface area contributed by atoms with Crippen molar-refractivity contribution in [2.24, 2.45) is 0 Å². The highest BCUT2D eigenvalue weighted by Crippen LogP contribution is 2.20. The minimum absolute atomic E-state index is 0.166. The van der Waals surface area contributed by atoms with Crippen LogP contribution in [0.15, 0.2) is 42.7 Å². The van der Waals surface area contributed by atoms with Gasteiger partial charge in [-0.3, -0.25) is 0 Å². The molecule has 0 aliphatic carbocycles. The molecule has 1 aromatic carbocycles. The topological polar surface area (TPSA) is 64.0 Å². The second kappa shape index (κ2) is 6.13. The van der Waals surface area contributed by atoms with Gasteiger partial charge >= 0.3 is 0 Å². The molecule has 0 unspecified atom stereocenters. The smallest absolute Gasteiger partial charge is 0.227 e. The van der Waals surface area contributed by atoms with Gasteiger partial charge in [-0.15, -0.1) is 0 Å². The van der Waals surface area contributed by atoms with Crippen LogP contribution in [0, 0.1) is 0 Å². The lowest BCUT2D eigenvalue weighted by molar-refractivity contribution is -0.00570. The highest BCUT2D eigenvalue weighted by molar-refractivity contribution is 5.73. The van der Waals surface area contributed by atoms with Crippen molar-refractivity contribution in [3.8, 4) is 11.3 Å². The Morgan fingerprint density at radius 1 is 0.958 bits per heavy atom. The van der Waals surface area contributed by atoms with Crippen LogP contribution in [0.5, 0.6) is 0 Å². The summed E-state index contributed by atoms with van der Waals surface area (Å²) in [6.45, 7) is 5.70. The number of hydrogen-bond donors (Lipinski definition) is 0. The first-order chi connectivity index (χ1) is 11.7. The molecule has 4 rings (SSSR count). The van der Waals surface area contributed by atoms with Gasteiger partial charge in [0.1, 0.15) is 5.52 Å². The summed E-state index contributed by atoms with van der Waals surface area (Å²) in [5.74, 6) is 0.686. The number of hydrogen-bond acceptors (Lipinski definition) is 6. The number of anilines is 1. The van der Waals surface area contributed by atoms with Crippen molar-refractivity contribution < 1.29 is 4.74 Å². The molecule has 0 N–H and O–H groups in total. The van der Waals surface area contributed by atoms with E-state index in [0.717, 1.165) is 24.3 Å². The third-order valence-electron chi connectivity index (χ3n) is 4.06. The summed E-state index contributed by atoms with van der Waals surface area (Å²) in [4.78, 5) is 20.3. The van der Waals surface area contributed by atoms with Gasteiger partial charge in [0.05, 0.1) is 30.3 Å². The Balaban J connectivity index is 1.67. The molecule has 0 saturated carbocycles. The average molecular weight is 321 g/mol. The van der Waals surface area contributed by atoms with Crippen molar-refractivity contribution in [2.45, 2.75) is 26.1 Å². The van der Waals surface area contributed by atoms with E-state index in [1.54, 1.807) is 12.4 Å². The SMILES string of the molecule is C[C@@H]1CN(c2ncc3nc(-c4ccccc4)cnc3n2)C[C@H](C)O1. The van der Waals surface area contributed by atoms with Gasteiger partial charge in [-0.1, -0.05) is 30.3 Å². The molecule has 1 aliphatic rings. The van der Waals surface area contributed by atoms with Crippen LogP contribution in [0.3, 0.4) is 0 Å². The van der Waals surface area contributed by atoms with Gasteiger partial charge < -0.3 is 9.64 Å². The Morgan fingerprint density at radius 2 is 1.71 bits per heavy atom. The van der Waals surface area contributed by atoms with Crippen LogP contribution in [0.25, 0.3) is 22.4 Å². The van der Waals surface area contributed by atoms with Crippen LogP contribution in [0.2, 0.25) is 0 Å². The van der Waals surface area contributed by atoms with Crippen LogP contribution in [0.4, 0.5) is 5.95 Å². The molecule has 122 valence electrons. The van der Waals surface area contributed by atoms with E-state index in [0.29, 0.717) is 17.1 Å². The fourth-order valence-electron chi connectivity index (χ4n) is 3.05. The van der Waals surface area contributed by atoms with E-state index in [9.17, 15) is 0 Å². The van der Waals surface area contributed by atoms with Crippen LogP contribution in [0.1, 0.15) is 13.8 Å². The lowest BCUT2D eigenvalue weighted by atomic mass is 10.2. The number of benzene rings is 1. The predicted molar refractivity (Wildman–Crippen MR) is 92.8 cm³/mol. The molecular weight excluding hydrogens is 302 g/mol. The normalized spacial score (nSPS) is 21.2. The predicted octanol–water partition coefficient (Wildman–Crippen LogP) is 2.70. The molecule has 6 heteroatoms. The van der Waals surface area contributed by atoms with Crippen molar-refractivity contribution in [3.63, 3.8) is 0 Å². The molecular formula is C18H19N5O. The Kier molecular flexibility index (Phi) is 3.82. The summed E-state index contributed by atoms with van der Waals surface area (Å²) in [7, 11) is 0. The van der Waals surface area contributed by atoms with Crippen LogP contribution in [-0.4, -0.2) is 45.2 Å². The van der Waals surface area contributed by atoms with Gasteiger partial charge in [0.15, 0.2) is 5.65 Å². The number of fused-ring (bicyclic) bond motifs is 1. The first-order valence-electron chi connectivity index (χ1n) is 8.14. The third-order valence-corrected chi connectivity index (χ3v) is 4.06. The summed E-state index contributed by atoms with van der Waals surface area (Å²) >= 11 is 0. The fraction of sp³-hybridized carbons (Fsp3) is 0.333. The average Bonchev–Trinajstić information content (AvgIpc) is 2.61. The number of rotatable bonds is 2. The summed E-state index contributed by atoms with van der Waals surface area (Å²) in [6.07, 6.45) is 3.85. The minimum atomic E-state index is 0.166. The van der Waals surface area contributed by atoms with Gasteiger partial charge in [0, 0.05) is 18.7 Å². The molecule has 0 spiro atoms. The second-order valence-corrected chi connectivity index (χ2v) is 6.16. The zero-order valence-corrected chi connectivity index (χ0v) is 13.8. The molecule has 0 radical (unpaired) electrons. The molecule has 1 aliphatic heterocycles. The van der Waals surface area contributed by atoms with E-state index < -0.39 is 0 Å². The largest absolute Gasteiger partial charge is 0.372 e. The Labute approximate surface area is 140 Å². The molecule has 3 heterocycles. The summed E-state index contributed by atoms with van der Waals surface area (Å²) < 4.78 is 5.76. The molecule has 6 nitrogen and oxygen atoms in total. The quantitative estimate of drug-likeness (QED) is 0.723. The van der Waals surface area contributed by atoms with Gasteiger partial charge in [-0.05, 0) is 13.8 Å². The van der Waals surface area contributed by atoms with Crippen LogP contribution < -0.4 is 4.90 Å². The first kappa shape index (κ1) is 15.0. The zero-order chi connectivity index (χ0) is 16.5. The van der Waals surface area contributed by atoms with Gasteiger partial charge in [-0.25, -0.2) is 15.0 Å². The van der Waals surface area contributed by atoms with Crippen molar-refractivity contribution in [2.75, 3.05) is 18.0 Å². The van der Waals surface area contributed by atoms with Crippen LogP contribution >= 0.6 is 0 Å². The molecule has 2 atom stereocenters. The van der Waals surface area contributed by atoms with E-state index in [4.69, 9.17) is 4.74 Å². The van der Waals surface area contributed by atoms with Gasteiger partial charge in [0.25, 0.3) is 0 Å². The summed E-state index contributed by atoms with van der Waals surface area (Å²) in [5, 5.41) is 0. The number of morpholine rings is 1. The second-order valence-electron chi connectivity index (χ2n) is 6.16. The van der Waals surface area contributed by atoms with E-state index in [2.05, 4.69) is 38.7 Å². The molecule has 24 heavy (non-hydrogen) atoms. The Morgan fingerprint density at radius 3 is 2.46 bits per heavy atom. The van der Waals surface area contributed by atoms with E-state index in [1.165, 1.54) is 0 Å². The highest BCUT2D eigenvalue weighted by atomic mass is 16.5. The molecule has 1 fully saturated rings. The van der Waals surface area contributed by atoms with E-state index >= 15 is 0 Å². The fourth-order valence-corrected chi connectivity index (χ4v) is 3.05. The number of aromatic nitrogens is 4. The van der Waals surface area contributed by atoms with Crippen molar-refractivity contribution >= 4 is 17.1 Å².